The molecule has 30 heavy (non-hydrogen) atoms. The SMILES string of the molecule is CN(C)C(=O)c1sc2ncccc2c1[C@H]1CCN(CC(=O)Nc2ccc(F)cc2)C1. The van der Waals surface area contributed by atoms with E-state index in [0.29, 0.717) is 12.2 Å². The fourth-order valence-electron chi connectivity index (χ4n) is 3.87. The van der Waals surface area contributed by atoms with Crippen LogP contribution in [0.15, 0.2) is 42.6 Å². The van der Waals surface area contributed by atoms with Crippen LogP contribution in [0.2, 0.25) is 0 Å². The van der Waals surface area contributed by atoms with Gasteiger partial charge in [-0.2, -0.15) is 0 Å². The monoisotopic (exact) mass is 426 g/mol. The number of likely N-dealkylation sites (tertiary alicyclic amines) is 1. The molecule has 2 amide bonds. The van der Waals surface area contributed by atoms with Crippen LogP contribution in [-0.4, -0.2) is 60.3 Å². The first-order valence-corrected chi connectivity index (χ1v) is 10.6. The minimum atomic E-state index is -0.337. The molecule has 4 rings (SSSR count). The Morgan fingerprint density at radius 1 is 1.27 bits per heavy atom. The van der Waals surface area contributed by atoms with Gasteiger partial charge in [-0.25, -0.2) is 9.37 Å². The van der Waals surface area contributed by atoms with Crippen molar-refractivity contribution in [2.75, 3.05) is 39.0 Å². The van der Waals surface area contributed by atoms with E-state index in [0.717, 1.165) is 33.6 Å². The standard InChI is InChI=1S/C22H23FN4O2S/c1-26(2)22(29)20-19(17-4-3-10-24-21(17)30-20)14-9-11-27(12-14)13-18(28)25-16-7-5-15(23)6-8-16/h3-8,10,14H,9,11-13H2,1-2H3,(H,25,28)/t14-/m0/s1. The number of benzene rings is 1. The molecular formula is C22H23FN4O2S. The number of nitrogens with one attached hydrogen (secondary N) is 1. The third-order valence-corrected chi connectivity index (χ3v) is 6.40. The molecule has 3 aromatic rings. The van der Waals surface area contributed by atoms with Crippen LogP contribution in [0.4, 0.5) is 10.1 Å². The maximum absolute atomic E-state index is 13.0. The van der Waals surface area contributed by atoms with Gasteiger partial charge in [0.05, 0.1) is 11.4 Å². The van der Waals surface area contributed by atoms with Crippen molar-refractivity contribution in [3.63, 3.8) is 0 Å². The summed E-state index contributed by atoms with van der Waals surface area (Å²) in [4.78, 5) is 34.9. The van der Waals surface area contributed by atoms with Crippen LogP contribution in [0.3, 0.4) is 0 Å². The van der Waals surface area contributed by atoms with Gasteiger partial charge in [0.15, 0.2) is 0 Å². The maximum Gasteiger partial charge on any atom is 0.263 e. The molecule has 3 heterocycles. The van der Waals surface area contributed by atoms with Crippen LogP contribution < -0.4 is 5.32 Å². The van der Waals surface area contributed by atoms with E-state index < -0.39 is 0 Å². The molecular weight excluding hydrogens is 403 g/mol. The summed E-state index contributed by atoms with van der Waals surface area (Å²) in [6, 6.07) is 9.64. The van der Waals surface area contributed by atoms with Crippen molar-refractivity contribution >= 4 is 39.1 Å². The average Bonchev–Trinajstić information content (AvgIpc) is 3.33. The van der Waals surface area contributed by atoms with Gasteiger partial charge < -0.3 is 10.2 Å². The number of carbonyl (C=O) groups excluding carboxylic acids is 2. The Kier molecular flexibility index (Phi) is 5.78. The van der Waals surface area contributed by atoms with Gasteiger partial charge in [0.25, 0.3) is 5.91 Å². The Bertz CT molecular complexity index is 1080. The van der Waals surface area contributed by atoms with Crippen LogP contribution in [0.25, 0.3) is 10.2 Å². The Balaban J connectivity index is 1.49. The number of rotatable bonds is 5. The van der Waals surface area contributed by atoms with Crippen molar-refractivity contribution in [3.05, 3.63) is 58.9 Å². The van der Waals surface area contributed by atoms with Gasteiger partial charge in [0, 0.05) is 43.8 Å². The van der Waals surface area contributed by atoms with Crippen LogP contribution in [0.5, 0.6) is 0 Å². The second-order valence-electron chi connectivity index (χ2n) is 7.68. The molecule has 1 atom stereocenters. The van der Waals surface area contributed by atoms with E-state index in [-0.39, 0.29) is 30.1 Å². The molecule has 0 spiro atoms. The molecule has 8 heteroatoms. The largest absolute Gasteiger partial charge is 0.344 e. The van der Waals surface area contributed by atoms with Gasteiger partial charge in [-0.3, -0.25) is 14.5 Å². The van der Waals surface area contributed by atoms with Crippen LogP contribution in [-0.2, 0) is 4.79 Å². The highest BCUT2D eigenvalue weighted by Crippen LogP contribution is 2.39. The molecule has 0 aliphatic carbocycles. The molecule has 1 fully saturated rings. The number of anilines is 1. The van der Waals surface area contributed by atoms with Crippen molar-refractivity contribution in [2.45, 2.75) is 12.3 Å². The van der Waals surface area contributed by atoms with Crippen LogP contribution in [0, 0.1) is 5.82 Å². The van der Waals surface area contributed by atoms with E-state index in [1.54, 1.807) is 37.3 Å². The zero-order valence-electron chi connectivity index (χ0n) is 16.9. The zero-order chi connectivity index (χ0) is 21.3. The minimum Gasteiger partial charge on any atom is -0.344 e. The number of carbonyl (C=O) groups is 2. The fourth-order valence-corrected chi connectivity index (χ4v) is 5.12. The molecule has 0 bridgehead atoms. The third-order valence-electron chi connectivity index (χ3n) is 5.28. The zero-order valence-corrected chi connectivity index (χ0v) is 17.7. The summed E-state index contributed by atoms with van der Waals surface area (Å²) in [5.74, 6) is -0.319. The molecule has 6 nitrogen and oxygen atoms in total. The number of halogens is 1. The van der Waals surface area contributed by atoms with Crippen molar-refractivity contribution in [1.82, 2.24) is 14.8 Å². The highest BCUT2D eigenvalue weighted by Gasteiger charge is 2.32. The first-order valence-electron chi connectivity index (χ1n) is 9.79. The molecule has 1 aromatic carbocycles. The lowest BCUT2D eigenvalue weighted by Gasteiger charge is -2.17. The number of fused-ring (bicyclic) bond motifs is 1. The predicted octanol–water partition coefficient (Wildman–Crippen LogP) is 3.57. The molecule has 1 aliphatic heterocycles. The smallest absolute Gasteiger partial charge is 0.263 e. The van der Waals surface area contributed by atoms with E-state index in [9.17, 15) is 14.0 Å². The normalized spacial score (nSPS) is 16.7. The lowest BCUT2D eigenvalue weighted by atomic mass is 9.95. The third kappa shape index (κ3) is 4.20. The van der Waals surface area contributed by atoms with Crippen molar-refractivity contribution in [2.24, 2.45) is 0 Å². The number of hydrogen-bond donors (Lipinski definition) is 1. The minimum absolute atomic E-state index is 0.0134. The second-order valence-corrected chi connectivity index (χ2v) is 8.68. The number of nitrogens with zero attached hydrogens (tertiary/aromatic N) is 3. The number of amides is 2. The number of pyridine rings is 1. The van der Waals surface area contributed by atoms with E-state index in [4.69, 9.17) is 0 Å². The summed E-state index contributed by atoms with van der Waals surface area (Å²) in [6.45, 7) is 1.73. The molecule has 1 aliphatic rings. The van der Waals surface area contributed by atoms with E-state index in [1.807, 2.05) is 12.1 Å². The van der Waals surface area contributed by atoms with E-state index in [1.165, 1.54) is 23.5 Å². The van der Waals surface area contributed by atoms with Gasteiger partial charge in [0.2, 0.25) is 5.91 Å². The summed E-state index contributed by atoms with van der Waals surface area (Å²) in [5, 5.41) is 3.83. The molecule has 2 aromatic heterocycles. The summed E-state index contributed by atoms with van der Waals surface area (Å²) in [7, 11) is 3.51. The van der Waals surface area contributed by atoms with Gasteiger partial charge >= 0.3 is 0 Å². The second kappa shape index (κ2) is 8.49. The molecule has 1 saturated heterocycles. The summed E-state index contributed by atoms with van der Waals surface area (Å²) in [6.07, 6.45) is 2.62. The van der Waals surface area contributed by atoms with Crippen LogP contribution >= 0.6 is 11.3 Å². The number of hydrogen-bond acceptors (Lipinski definition) is 5. The highest BCUT2D eigenvalue weighted by molar-refractivity contribution is 7.20. The number of aromatic nitrogens is 1. The summed E-state index contributed by atoms with van der Waals surface area (Å²) >= 11 is 1.43. The quantitative estimate of drug-likeness (QED) is 0.678. The van der Waals surface area contributed by atoms with Crippen molar-refractivity contribution in [3.8, 4) is 0 Å². The predicted molar refractivity (Wildman–Crippen MR) is 116 cm³/mol. The molecule has 156 valence electrons. The average molecular weight is 427 g/mol. The number of thiophene rings is 1. The first kappa shape index (κ1) is 20.4. The molecule has 0 saturated carbocycles. The van der Waals surface area contributed by atoms with Crippen LogP contribution in [0.1, 0.15) is 27.6 Å². The van der Waals surface area contributed by atoms with Gasteiger partial charge in [-0.15, -0.1) is 11.3 Å². The molecule has 0 radical (unpaired) electrons. The van der Waals surface area contributed by atoms with Gasteiger partial charge in [-0.1, -0.05) is 6.07 Å². The molecule has 1 N–H and O–H groups in total. The van der Waals surface area contributed by atoms with E-state index in [2.05, 4.69) is 15.2 Å². The summed E-state index contributed by atoms with van der Waals surface area (Å²) < 4.78 is 13.0. The lowest BCUT2D eigenvalue weighted by molar-refractivity contribution is -0.117. The van der Waals surface area contributed by atoms with Crippen molar-refractivity contribution in [1.29, 1.82) is 0 Å². The Hall–Kier alpha value is -2.84. The van der Waals surface area contributed by atoms with Gasteiger partial charge in [0.1, 0.15) is 10.6 Å². The van der Waals surface area contributed by atoms with E-state index >= 15 is 0 Å². The topological polar surface area (TPSA) is 65.5 Å². The van der Waals surface area contributed by atoms with Crippen molar-refractivity contribution < 1.29 is 14.0 Å². The Labute approximate surface area is 178 Å². The summed E-state index contributed by atoms with van der Waals surface area (Å²) in [5.41, 5.74) is 1.62. The highest BCUT2D eigenvalue weighted by atomic mass is 32.1. The molecule has 0 unspecified atom stereocenters. The Morgan fingerprint density at radius 3 is 2.77 bits per heavy atom. The Morgan fingerprint density at radius 2 is 2.03 bits per heavy atom. The maximum atomic E-state index is 13.0. The fraction of sp³-hybridized carbons (Fsp3) is 0.318. The lowest BCUT2D eigenvalue weighted by Crippen LogP contribution is -2.31. The van der Waals surface area contributed by atoms with Gasteiger partial charge in [-0.05, 0) is 48.9 Å². The first-order chi connectivity index (χ1) is 14.4.